The topological polar surface area (TPSA) is 81.7 Å². The molecule has 174 valence electrons. The van der Waals surface area contributed by atoms with Gasteiger partial charge in [0, 0.05) is 43.2 Å². The molecule has 1 aliphatic rings. The van der Waals surface area contributed by atoms with Crippen LogP contribution in [0.3, 0.4) is 0 Å². The maximum atomic E-state index is 13.0. The molecule has 1 saturated heterocycles. The standard InChI is InChI=1S/C24H28N4O3S2/c1-17-4-6-19(7-5-17)26-33(30,31)22-10-15-32-23(22)24(29)25-20-8-9-21(18(2)16-20)28-13-11-27(3)12-14-28/h4-10,15-16,26H,11-14H2,1-3H3,(H,25,29). The quantitative estimate of drug-likeness (QED) is 0.549. The Morgan fingerprint density at radius 2 is 1.61 bits per heavy atom. The molecule has 1 aliphatic heterocycles. The second kappa shape index (κ2) is 9.54. The first-order valence-corrected chi connectivity index (χ1v) is 13.1. The Hall–Kier alpha value is -2.88. The Bertz CT molecular complexity index is 1240. The van der Waals surface area contributed by atoms with Crippen molar-refractivity contribution in [2.75, 3.05) is 48.2 Å². The van der Waals surface area contributed by atoms with Gasteiger partial charge in [-0.3, -0.25) is 9.52 Å². The van der Waals surface area contributed by atoms with Gasteiger partial charge in [0.15, 0.2) is 0 Å². The van der Waals surface area contributed by atoms with E-state index in [0.717, 1.165) is 54.3 Å². The van der Waals surface area contributed by atoms with Crippen LogP contribution in [-0.2, 0) is 10.0 Å². The summed E-state index contributed by atoms with van der Waals surface area (Å²) in [5.74, 6) is -0.443. The number of sulfonamides is 1. The highest BCUT2D eigenvalue weighted by molar-refractivity contribution is 7.93. The molecule has 3 aromatic rings. The van der Waals surface area contributed by atoms with Crippen molar-refractivity contribution in [3.05, 3.63) is 69.9 Å². The van der Waals surface area contributed by atoms with Gasteiger partial charge in [0.1, 0.15) is 9.77 Å². The summed E-state index contributed by atoms with van der Waals surface area (Å²) < 4.78 is 28.4. The van der Waals surface area contributed by atoms with Gasteiger partial charge in [0.05, 0.1) is 0 Å². The second-order valence-electron chi connectivity index (χ2n) is 8.33. The molecule has 1 aromatic heterocycles. The van der Waals surface area contributed by atoms with Crippen molar-refractivity contribution >= 4 is 44.3 Å². The highest BCUT2D eigenvalue weighted by Gasteiger charge is 2.25. The lowest BCUT2D eigenvalue weighted by Crippen LogP contribution is -2.44. The van der Waals surface area contributed by atoms with Crippen LogP contribution in [0.2, 0.25) is 0 Å². The molecule has 0 radical (unpaired) electrons. The van der Waals surface area contributed by atoms with Crippen molar-refractivity contribution in [3.63, 3.8) is 0 Å². The van der Waals surface area contributed by atoms with E-state index in [2.05, 4.69) is 26.9 Å². The van der Waals surface area contributed by atoms with E-state index in [-0.39, 0.29) is 9.77 Å². The number of carbonyl (C=O) groups excluding carboxylic acids is 1. The predicted molar refractivity (Wildman–Crippen MR) is 135 cm³/mol. The van der Waals surface area contributed by atoms with Crippen LogP contribution in [0.4, 0.5) is 17.1 Å². The van der Waals surface area contributed by atoms with Crippen LogP contribution >= 0.6 is 11.3 Å². The summed E-state index contributed by atoms with van der Waals surface area (Å²) in [7, 11) is -1.77. The number of nitrogens with one attached hydrogen (secondary N) is 2. The fourth-order valence-corrected chi connectivity index (χ4v) is 6.21. The fraction of sp³-hybridized carbons (Fsp3) is 0.292. The molecule has 0 atom stereocenters. The summed E-state index contributed by atoms with van der Waals surface area (Å²) in [6.45, 7) is 7.92. The van der Waals surface area contributed by atoms with E-state index in [0.29, 0.717) is 11.4 Å². The number of aryl methyl sites for hydroxylation is 2. The number of piperazine rings is 1. The van der Waals surface area contributed by atoms with Crippen molar-refractivity contribution in [2.45, 2.75) is 18.7 Å². The zero-order valence-corrected chi connectivity index (χ0v) is 20.6. The maximum absolute atomic E-state index is 13.0. The summed E-state index contributed by atoms with van der Waals surface area (Å²) in [5, 5.41) is 4.47. The highest BCUT2D eigenvalue weighted by atomic mass is 32.2. The van der Waals surface area contributed by atoms with Crippen LogP contribution in [0.1, 0.15) is 20.8 Å². The number of carbonyl (C=O) groups is 1. The SMILES string of the molecule is Cc1ccc(NS(=O)(=O)c2ccsc2C(=O)Nc2ccc(N3CCN(C)CC3)c(C)c2)cc1. The summed E-state index contributed by atoms with van der Waals surface area (Å²) in [4.78, 5) is 17.7. The maximum Gasteiger partial charge on any atom is 0.267 e. The van der Waals surface area contributed by atoms with Crippen LogP contribution in [0, 0.1) is 13.8 Å². The third-order valence-corrected chi connectivity index (χ3v) is 8.19. The van der Waals surface area contributed by atoms with Gasteiger partial charge in [0.2, 0.25) is 0 Å². The molecule has 2 aromatic carbocycles. The van der Waals surface area contributed by atoms with Gasteiger partial charge in [0.25, 0.3) is 15.9 Å². The van der Waals surface area contributed by atoms with Gasteiger partial charge in [-0.25, -0.2) is 8.42 Å². The monoisotopic (exact) mass is 484 g/mol. The van der Waals surface area contributed by atoms with Crippen LogP contribution in [0.5, 0.6) is 0 Å². The number of hydrogen-bond donors (Lipinski definition) is 2. The van der Waals surface area contributed by atoms with Crippen LogP contribution in [-0.4, -0.2) is 52.5 Å². The Balaban J connectivity index is 1.49. The molecule has 4 rings (SSSR count). The first kappa shape index (κ1) is 23.3. The molecule has 9 heteroatoms. The van der Waals surface area contributed by atoms with Crippen LogP contribution in [0.25, 0.3) is 0 Å². The Morgan fingerprint density at radius 3 is 2.27 bits per heavy atom. The summed E-state index contributed by atoms with van der Waals surface area (Å²) in [5.41, 5.74) is 4.34. The molecule has 0 bridgehead atoms. The van der Waals surface area contributed by atoms with Gasteiger partial charge in [-0.2, -0.15) is 0 Å². The number of amides is 1. The molecular weight excluding hydrogens is 456 g/mol. The smallest absolute Gasteiger partial charge is 0.267 e. The van der Waals surface area contributed by atoms with E-state index in [4.69, 9.17) is 0 Å². The Morgan fingerprint density at radius 1 is 0.939 bits per heavy atom. The molecule has 33 heavy (non-hydrogen) atoms. The largest absolute Gasteiger partial charge is 0.369 e. The number of rotatable bonds is 6. The van der Waals surface area contributed by atoms with Crippen molar-refractivity contribution in [1.82, 2.24) is 4.90 Å². The zero-order chi connectivity index (χ0) is 23.6. The second-order valence-corrected chi connectivity index (χ2v) is 10.9. The molecule has 2 N–H and O–H groups in total. The van der Waals surface area contributed by atoms with Gasteiger partial charge in [-0.1, -0.05) is 17.7 Å². The zero-order valence-electron chi connectivity index (χ0n) is 19.0. The van der Waals surface area contributed by atoms with Crippen molar-refractivity contribution in [2.24, 2.45) is 0 Å². The number of thiophene rings is 1. The minimum atomic E-state index is -3.90. The van der Waals surface area contributed by atoms with Crippen molar-refractivity contribution in [3.8, 4) is 0 Å². The molecule has 1 amide bonds. The lowest BCUT2D eigenvalue weighted by molar-refractivity contribution is 0.102. The highest BCUT2D eigenvalue weighted by Crippen LogP contribution is 2.28. The minimum Gasteiger partial charge on any atom is -0.369 e. The van der Waals surface area contributed by atoms with E-state index < -0.39 is 15.9 Å². The molecule has 1 fully saturated rings. The molecular formula is C24H28N4O3S2. The number of benzene rings is 2. The molecule has 7 nitrogen and oxygen atoms in total. The van der Waals surface area contributed by atoms with Crippen molar-refractivity contribution in [1.29, 1.82) is 0 Å². The van der Waals surface area contributed by atoms with E-state index >= 15 is 0 Å². The van der Waals surface area contributed by atoms with Gasteiger partial charge in [-0.15, -0.1) is 11.3 Å². The minimum absolute atomic E-state index is 0.0312. The van der Waals surface area contributed by atoms with Gasteiger partial charge < -0.3 is 15.1 Å². The number of likely N-dealkylation sites (N-methyl/N-ethyl adjacent to an activating group) is 1. The van der Waals surface area contributed by atoms with Crippen LogP contribution in [0.15, 0.2) is 58.8 Å². The van der Waals surface area contributed by atoms with E-state index in [1.807, 2.05) is 44.2 Å². The predicted octanol–water partition coefficient (Wildman–Crippen LogP) is 4.17. The first-order valence-electron chi connectivity index (χ1n) is 10.8. The molecule has 2 heterocycles. The van der Waals surface area contributed by atoms with Crippen LogP contribution < -0.4 is 14.9 Å². The van der Waals surface area contributed by atoms with Gasteiger partial charge in [-0.05, 0) is 68.2 Å². The molecule has 0 unspecified atom stereocenters. The first-order chi connectivity index (χ1) is 15.7. The lowest BCUT2D eigenvalue weighted by atomic mass is 10.1. The van der Waals surface area contributed by atoms with Gasteiger partial charge >= 0.3 is 0 Å². The normalized spacial score (nSPS) is 14.8. The third kappa shape index (κ3) is 5.38. The van der Waals surface area contributed by atoms with E-state index in [1.165, 1.54) is 6.07 Å². The number of hydrogen-bond acceptors (Lipinski definition) is 6. The third-order valence-electron chi connectivity index (χ3n) is 5.73. The van der Waals surface area contributed by atoms with Crippen molar-refractivity contribution < 1.29 is 13.2 Å². The molecule has 0 aliphatic carbocycles. The molecule has 0 spiro atoms. The lowest BCUT2D eigenvalue weighted by Gasteiger charge is -2.35. The van der Waals surface area contributed by atoms with E-state index in [9.17, 15) is 13.2 Å². The van der Waals surface area contributed by atoms with E-state index in [1.54, 1.807) is 17.5 Å². The summed E-state index contributed by atoms with van der Waals surface area (Å²) in [6.07, 6.45) is 0. The summed E-state index contributed by atoms with van der Waals surface area (Å²) >= 11 is 1.10. The number of anilines is 3. The fourth-order valence-electron chi connectivity index (χ4n) is 3.83. The Labute approximate surface area is 199 Å². The Kier molecular flexibility index (Phi) is 6.73. The number of nitrogens with zero attached hydrogens (tertiary/aromatic N) is 2. The average Bonchev–Trinajstić information content (AvgIpc) is 3.28. The summed E-state index contributed by atoms with van der Waals surface area (Å²) in [6, 6.07) is 14.3. The molecule has 0 saturated carbocycles. The average molecular weight is 485 g/mol.